The number of hydrogen-bond acceptors (Lipinski definition) is 4. The van der Waals surface area contributed by atoms with E-state index >= 15 is 0 Å². The molecule has 3 rings (SSSR count). The van der Waals surface area contributed by atoms with E-state index in [1.54, 1.807) is 13.1 Å². The summed E-state index contributed by atoms with van der Waals surface area (Å²) in [5, 5.41) is 7.19. The van der Waals surface area contributed by atoms with E-state index in [4.69, 9.17) is 4.74 Å². The summed E-state index contributed by atoms with van der Waals surface area (Å²) in [5.74, 6) is 0.278. The van der Waals surface area contributed by atoms with Crippen molar-refractivity contribution in [2.75, 3.05) is 52.2 Å². The summed E-state index contributed by atoms with van der Waals surface area (Å²) >= 11 is 0. The highest BCUT2D eigenvalue weighted by Gasteiger charge is 2.23. The largest absolute Gasteiger partial charge is 0.379 e. The van der Waals surface area contributed by atoms with Gasteiger partial charge in [-0.25, -0.2) is 12.8 Å². The molecule has 28 heavy (non-hydrogen) atoms. The molecular weight excluding hydrogens is 385 g/mol. The Kier molecular flexibility index (Phi) is 6.87. The van der Waals surface area contributed by atoms with Crippen LogP contribution in [0.1, 0.15) is 5.56 Å². The number of sulfonamides is 1. The number of aliphatic imine (C=N–C) groups is 1. The van der Waals surface area contributed by atoms with Crippen LogP contribution in [0.5, 0.6) is 0 Å². The topological polar surface area (TPSA) is 98.8 Å². The minimum absolute atomic E-state index is 0.00170. The van der Waals surface area contributed by atoms with E-state index in [0.29, 0.717) is 38.8 Å². The molecule has 3 N–H and O–H groups in total. The molecule has 1 aliphatic rings. The molecule has 0 atom stereocenters. The van der Waals surface area contributed by atoms with Gasteiger partial charge in [-0.3, -0.25) is 4.99 Å². The van der Waals surface area contributed by atoms with Crippen molar-refractivity contribution in [1.82, 2.24) is 19.9 Å². The number of nitrogens with zero attached hydrogens (tertiary/aromatic N) is 2. The van der Waals surface area contributed by atoms with E-state index in [9.17, 15) is 12.8 Å². The van der Waals surface area contributed by atoms with Crippen LogP contribution in [0.3, 0.4) is 0 Å². The predicted octanol–water partition coefficient (Wildman–Crippen LogP) is 0.677. The van der Waals surface area contributed by atoms with Crippen LogP contribution in [0, 0.1) is 5.82 Å². The van der Waals surface area contributed by atoms with Crippen LogP contribution in [0.25, 0.3) is 10.9 Å². The SMILES string of the molecule is CN=C(NCCc1c[nH]c2cc(F)ccc12)NCCS(=O)(=O)N1CCOCC1. The van der Waals surface area contributed by atoms with Gasteiger partial charge in [-0.1, -0.05) is 0 Å². The lowest BCUT2D eigenvalue weighted by Gasteiger charge is -2.26. The van der Waals surface area contributed by atoms with Crippen molar-refractivity contribution in [3.8, 4) is 0 Å². The summed E-state index contributed by atoms with van der Waals surface area (Å²) < 4.78 is 44.5. The second-order valence-electron chi connectivity index (χ2n) is 6.51. The van der Waals surface area contributed by atoms with Crippen LogP contribution >= 0.6 is 0 Å². The zero-order valence-corrected chi connectivity index (χ0v) is 16.7. The number of halogens is 1. The molecule has 2 heterocycles. The molecule has 1 aromatic carbocycles. The van der Waals surface area contributed by atoms with Gasteiger partial charge in [-0.15, -0.1) is 0 Å². The van der Waals surface area contributed by atoms with Gasteiger partial charge in [-0.2, -0.15) is 4.31 Å². The maximum Gasteiger partial charge on any atom is 0.215 e. The summed E-state index contributed by atoms with van der Waals surface area (Å²) in [7, 11) is -1.66. The maximum absolute atomic E-state index is 13.3. The average Bonchev–Trinajstić information content (AvgIpc) is 3.09. The molecule has 1 saturated heterocycles. The van der Waals surface area contributed by atoms with Gasteiger partial charge in [0.1, 0.15) is 5.82 Å². The highest BCUT2D eigenvalue weighted by atomic mass is 32.2. The first-order chi connectivity index (χ1) is 13.5. The zero-order chi connectivity index (χ0) is 20.0. The van der Waals surface area contributed by atoms with E-state index in [2.05, 4.69) is 20.6 Å². The van der Waals surface area contributed by atoms with Gasteiger partial charge >= 0.3 is 0 Å². The van der Waals surface area contributed by atoms with Crippen LogP contribution in [0.15, 0.2) is 29.4 Å². The first-order valence-corrected chi connectivity index (χ1v) is 10.9. The molecular formula is C18H26FN5O3S. The number of fused-ring (bicyclic) bond motifs is 1. The number of guanidine groups is 1. The van der Waals surface area contributed by atoms with Crippen molar-refractivity contribution in [2.45, 2.75) is 6.42 Å². The molecule has 1 aliphatic heterocycles. The number of rotatable bonds is 7. The molecule has 1 fully saturated rings. The first kappa shape index (κ1) is 20.6. The Morgan fingerprint density at radius 2 is 2.04 bits per heavy atom. The minimum atomic E-state index is -3.30. The van der Waals surface area contributed by atoms with E-state index < -0.39 is 10.0 Å². The number of H-pyrrole nitrogens is 1. The second-order valence-corrected chi connectivity index (χ2v) is 8.60. The van der Waals surface area contributed by atoms with E-state index in [-0.39, 0.29) is 18.1 Å². The standard InChI is InChI=1S/C18H26FN5O3S/c1-20-18(22-6-11-28(25,26)24-7-9-27-10-8-24)21-5-4-14-13-23-17-12-15(19)2-3-16(14)17/h2-3,12-13,23H,4-11H2,1H3,(H2,20,21,22). The summed E-state index contributed by atoms with van der Waals surface area (Å²) in [6.45, 7) is 2.58. The monoisotopic (exact) mass is 411 g/mol. The fraction of sp³-hybridized carbons (Fsp3) is 0.500. The molecule has 0 aliphatic carbocycles. The van der Waals surface area contributed by atoms with Crippen LogP contribution in [0.2, 0.25) is 0 Å². The number of benzene rings is 1. The highest BCUT2D eigenvalue weighted by molar-refractivity contribution is 7.89. The second kappa shape index (κ2) is 9.35. The number of ether oxygens (including phenoxy) is 1. The molecule has 0 radical (unpaired) electrons. The normalized spacial score (nSPS) is 16.4. The van der Waals surface area contributed by atoms with Crippen molar-refractivity contribution in [2.24, 2.45) is 4.99 Å². The van der Waals surface area contributed by atoms with Crippen molar-refractivity contribution in [3.05, 3.63) is 35.8 Å². The third-order valence-electron chi connectivity index (χ3n) is 4.66. The Morgan fingerprint density at radius 3 is 2.79 bits per heavy atom. The summed E-state index contributed by atoms with van der Waals surface area (Å²) in [6.07, 6.45) is 2.59. The van der Waals surface area contributed by atoms with Gasteiger partial charge in [0, 0.05) is 50.3 Å². The summed E-state index contributed by atoms with van der Waals surface area (Å²) in [6, 6.07) is 4.68. The molecule has 2 aromatic rings. The van der Waals surface area contributed by atoms with Gasteiger partial charge in [0.2, 0.25) is 10.0 Å². The lowest BCUT2D eigenvalue weighted by atomic mass is 10.1. The number of hydrogen-bond donors (Lipinski definition) is 3. The molecule has 0 bridgehead atoms. The Labute approximate surface area is 164 Å². The Balaban J connectivity index is 1.44. The van der Waals surface area contributed by atoms with Gasteiger partial charge < -0.3 is 20.4 Å². The van der Waals surface area contributed by atoms with Crippen LogP contribution < -0.4 is 10.6 Å². The third-order valence-corrected chi connectivity index (χ3v) is 6.53. The average molecular weight is 412 g/mol. The minimum Gasteiger partial charge on any atom is -0.379 e. The maximum atomic E-state index is 13.3. The fourth-order valence-corrected chi connectivity index (χ4v) is 4.48. The van der Waals surface area contributed by atoms with Gasteiger partial charge in [0.25, 0.3) is 0 Å². The number of nitrogens with one attached hydrogen (secondary N) is 3. The lowest BCUT2D eigenvalue weighted by molar-refractivity contribution is 0.0730. The van der Waals surface area contributed by atoms with Crippen LogP contribution in [-0.2, 0) is 21.2 Å². The fourth-order valence-electron chi connectivity index (χ4n) is 3.15. The molecule has 0 unspecified atom stereocenters. The Morgan fingerprint density at radius 1 is 1.29 bits per heavy atom. The van der Waals surface area contributed by atoms with Crippen LogP contribution in [0.4, 0.5) is 4.39 Å². The zero-order valence-electron chi connectivity index (χ0n) is 15.9. The first-order valence-electron chi connectivity index (χ1n) is 9.25. The number of morpholine rings is 1. The molecule has 0 amide bonds. The summed E-state index contributed by atoms with van der Waals surface area (Å²) in [5.41, 5.74) is 1.85. The van der Waals surface area contributed by atoms with E-state index in [1.165, 1.54) is 16.4 Å². The van der Waals surface area contributed by atoms with Gasteiger partial charge in [-0.05, 0) is 30.2 Å². The quantitative estimate of drug-likeness (QED) is 0.460. The Hall–Kier alpha value is -2.17. The summed E-state index contributed by atoms with van der Waals surface area (Å²) in [4.78, 5) is 7.19. The van der Waals surface area contributed by atoms with Crippen molar-refractivity contribution in [1.29, 1.82) is 0 Å². The Bertz CT molecular complexity index is 922. The van der Waals surface area contributed by atoms with Crippen molar-refractivity contribution in [3.63, 3.8) is 0 Å². The van der Waals surface area contributed by atoms with Gasteiger partial charge in [0.15, 0.2) is 5.96 Å². The molecule has 154 valence electrons. The van der Waals surface area contributed by atoms with E-state index in [0.717, 1.165) is 22.9 Å². The molecule has 0 spiro atoms. The molecule has 10 heteroatoms. The smallest absolute Gasteiger partial charge is 0.215 e. The molecule has 1 aromatic heterocycles. The molecule has 0 saturated carbocycles. The van der Waals surface area contributed by atoms with Crippen molar-refractivity contribution < 1.29 is 17.5 Å². The predicted molar refractivity (Wildman–Crippen MR) is 108 cm³/mol. The van der Waals surface area contributed by atoms with E-state index in [1.807, 2.05) is 6.20 Å². The lowest BCUT2D eigenvalue weighted by Crippen LogP contribution is -2.45. The highest BCUT2D eigenvalue weighted by Crippen LogP contribution is 2.19. The number of aromatic amines is 1. The van der Waals surface area contributed by atoms with Crippen LogP contribution in [-0.4, -0.2) is 75.9 Å². The number of aromatic nitrogens is 1. The van der Waals surface area contributed by atoms with Gasteiger partial charge in [0.05, 0.1) is 19.0 Å². The van der Waals surface area contributed by atoms with Crippen molar-refractivity contribution >= 4 is 26.9 Å². The molecule has 8 nitrogen and oxygen atoms in total. The third kappa shape index (κ3) is 5.21.